The van der Waals surface area contributed by atoms with Crippen molar-refractivity contribution in [2.45, 2.75) is 71.0 Å². The van der Waals surface area contributed by atoms with Crippen LogP contribution in [0.3, 0.4) is 0 Å². The molecule has 0 bridgehead atoms. The number of fused-ring (bicyclic) bond motifs is 1. The van der Waals surface area contributed by atoms with E-state index in [1.54, 1.807) is 13.0 Å². The van der Waals surface area contributed by atoms with Gasteiger partial charge in [-0.15, -0.1) is 0 Å². The lowest BCUT2D eigenvalue weighted by Gasteiger charge is -2.31. The fourth-order valence-electron chi connectivity index (χ4n) is 4.93. The van der Waals surface area contributed by atoms with Crippen molar-refractivity contribution in [3.63, 3.8) is 0 Å². The molecule has 174 valence electrons. The Kier molecular flexibility index (Phi) is 7.11. The third-order valence-electron chi connectivity index (χ3n) is 6.69. The van der Waals surface area contributed by atoms with Gasteiger partial charge in [0, 0.05) is 12.6 Å². The Morgan fingerprint density at radius 1 is 1.09 bits per heavy atom. The molecule has 1 heterocycles. The normalized spacial score (nSPS) is 16.9. The zero-order valence-corrected chi connectivity index (χ0v) is 19.4. The van der Waals surface area contributed by atoms with Crippen molar-refractivity contribution in [3.8, 4) is 0 Å². The van der Waals surface area contributed by atoms with Gasteiger partial charge in [-0.25, -0.2) is 0 Å². The topological polar surface area (TPSA) is 75.7 Å². The van der Waals surface area contributed by atoms with Crippen LogP contribution in [0.15, 0.2) is 42.5 Å². The molecule has 1 aliphatic carbocycles. The quantitative estimate of drug-likeness (QED) is 0.623. The van der Waals surface area contributed by atoms with Gasteiger partial charge in [-0.05, 0) is 43.9 Å². The number of amides is 2. The van der Waals surface area contributed by atoms with Crippen molar-refractivity contribution < 1.29 is 19.1 Å². The molecule has 1 saturated carbocycles. The lowest BCUT2D eigenvalue weighted by Crippen LogP contribution is -2.37. The second kappa shape index (κ2) is 10.2. The van der Waals surface area contributed by atoms with E-state index in [0.29, 0.717) is 17.7 Å². The van der Waals surface area contributed by atoms with Crippen LogP contribution in [0.4, 0.5) is 0 Å². The molecule has 1 fully saturated rings. The van der Waals surface area contributed by atoms with Crippen LogP contribution in [0, 0.1) is 6.92 Å². The number of hydrogen-bond donors (Lipinski definition) is 1. The molecule has 1 N–H and O–H groups in total. The van der Waals surface area contributed by atoms with Gasteiger partial charge in [0.25, 0.3) is 11.8 Å². The van der Waals surface area contributed by atoms with E-state index in [0.717, 1.165) is 42.4 Å². The van der Waals surface area contributed by atoms with Crippen molar-refractivity contribution >= 4 is 17.8 Å². The van der Waals surface area contributed by atoms with Crippen LogP contribution < -0.4 is 5.32 Å². The number of carbonyl (C=O) groups is 3. The molecule has 1 atom stereocenters. The number of esters is 1. The summed E-state index contributed by atoms with van der Waals surface area (Å²) in [7, 11) is 0. The first-order valence-corrected chi connectivity index (χ1v) is 11.9. The first-order chi connectivity index (χ1) is 16.0. The van der Waals surface area contributed by atoms with Crippen molar-refractivity contribution in [2.24, 2.45) is 0 Å². The second-order valence-corrected chi connectivity index (χ2v) is 9.01. The summed E-state index contributed by atoms with van der Waals surface area (Å²) in [4.78, 5) is 40.9. The molecule has 0 aromatic heterocycles. The Labute approximate surface area is 195 Å². The summed E-state index contributed by atoms with van der Waals surface area (Å²) in [5, 5.41) is 2.99. The SMILES string of the molecule is CCOC(=O)C[C@H](NC(=O)c1cccc2c1C(=O)N(C1CCCCC1)C2)c1ccc(C)cc1. The largest absolute Gasteiger partial charge is 0.466 e. The average Bonchev–Trinajstić information content (AvgIpc) is 3.16. The average molecular weight is 449 g/mol. The number of nitrogens with zero attached hydrogens (tertiary/aromatic N) is 1. The molecule has 2 aromatic rings. The highest BCUT2D eigenvalue weighted by molar-refractivity contribution is 6.09. The van der Waals surface area contributed by atoms with Gasteiger partial charge in [-0.1, -0.05) is 61.2 Å². The molecular formula is C27H32N2O4. The number of ether oxygens (including phenoxy) is 1. The molecule has 1 aliphatic heterocycles. The van der Waals surface area contributed by atoms with Crippen LogP contribution >= 0.6 is 0 Å². The van der Waals surface area contributed by atoms with Gasteiger partial charge in [-0.3, -0.25) is 14.4 Å². The van der Waals surface area contributed by atoms with Crippen molar-refractivity contribution in [1.82, 2.24) is 10.2 Å². The molecule has 2 amide bonds. The fourth-order valence-corrected chi connectivity index (χ4v) is 4.93. The minimum atomic E-state index is -0.543. The third kappa shape index (κ3) is 5.10. The monoisotopic (exact) mass is 448 g/mol. The van der Waals surface area contributed by atoms with Gasteiger partial charge in [0.2, 0.25) is 0 Å². The minimum absolute atomic E-state index is 0.0276. The smallest absolute Gasteiger partial charge is 0.308 e. The molecule has 4 rings (SSSR count). The first-order valence-electron chi connectivity index (χ1n) is 11.9. The van der Waals surface area contributed by atoms with E-state index in [9.17, 15) is 14.4 Å². The van der Waals surface area contributed by atoms with Crippen LogP contribution in [0.5, 0.6) is 0 Å². The number of hydrogen-bond acceptors (Lipinski definition) is 4. The van der Waals surface area contributed by atoms with Crippen molar-refractivity contribution in [3.05, 3.63) is 70.3 Å². The van der Waals surface area contributed by atoms with Gasteiger partial charge in [-0.2, -0.15) is 0 Å². The van der Waals surface area contributed by atoms with E-state index in [-0.39, 0.29) is 36.9 Å². The van der Waals surface area contributed by atoms with E-state index < -0.39 is 6.04 Å². The van der Waals surface area contributed by atoms with E-state index in [2.05, 4.69) is 5.32 Å². The number of benzene rings is 2. The summed E-state index contributed by atoms with van der Waals surface area (Å²) in [5.74, 6) is -0.776. The van der Waals surface area contributed by atoms with E-state index in [4.69, 9.17) is 4.74 Å². The molecule has 6 heteroatoms. The lowest BCUT2D eigenvalue weighted by molar-refractivity contribution is -0.143. The van der Waals surface area contributed by atoms with Crippen LogP contribution in [0.1, 0.15) is 88.9 Å². The van der Waals surface area contributed by atoms with Gasteiger partial charge >= 0.3 is 5.97 Å². The molecule has 2 aromatic carbocycles. The summed E-state index contributed by atoms with van der Waals surface area (Å²) in [6.45, 7) is 4.59. The van der Waals surface area contributed by atoms with Gasteiger partial charge in [0.1, 0.15) is 0 Å². The molecule has 0 saturated heterocycles. The second-order valence-electron chi connectivity index (χ2n) is 9.01. The Hall–Kier alpha value is -3.15. The molecule has 0 spiro atoms. The van der Waals surface area contributed by atoms with Crippen LogP contribution in [0.2, 0.25) is 0 Å². The highest BCUT2D eigenvalue weighted by Gasteiger charge is 2.36. The van der Waals surface area contributed by atoms with Crippen molar-refractivity contribution in [2.75, 3.05) is 6.61 Å². The van der Waals surface area contributed by atoms with Gasteiger partial charge < -0.3 is 15.0 Å². The Morgan fingerprint density at radius 2 is 1.82 bits per heavy atom. The van der Waals surface area contributed by atoms with E-state index in [1.165, 1.54) is 6.42 Å². The van der Waals surface area contributed by atoms with Gasteiger partial charge in [0.15, 0.2) is 0 Å². The summed E-state index contributed by atoms with van der Waals surface area (Å²) < 4.78 is 5.13. The van der Waals surface area contributed by atoms with E-state index >= 15 is 0 Å². The van der Waals surface area contributed by atoms with Gasteiger partial charge in [0.05, 0.1) is 30.2 Å². The summed E-state index contributed by atoms with van der Waals surface area (Å²) in [6, 6.07) is 12.9. The van der Waals surface area contributed by atoms with E-state index in [1.807, 2.05) is 48.2 Å². The predicted octanol–water partition coefficient (Wildman–Crippen LogP) is 4.71. The van der Waals surface area contributed by atoms with Crippen LogP contribution in [-0.4, -0.2) is 35.3 Å². The highest BCUT2D eigenvalue weighted by atomic mass is 16.5. The number of aryl methyl sites for hydroxylation is 1. The predicted molar refractivity (Wildman–Crippen MR) is 126 cm³/mol. The first kappa shape index (κ1) is 23.0. The molecule has 2 aliphatic rings. The molecular weight excluding hydrogens is 416 g/mol. The molecule has 6 nitrogen and oxygen atoms in total. The Bertz CT molecular complexity index is 1020. The summed E-state index contributed by atoms with van der Waals surface area (Å²) in [6.07, 6.45) is 5.58. The number of carbonyl (C=O) groups excluding carboxylic acids is 3. The maximum Gasteiger partial charge on any atom is 0.308 e. The third-order valence-corrected chi connectivity index (χ3v) is 6.69. The lowest BCUT2D eigenvalue weighted by atomic mass is 9.94. The standard InChI is InChI=1S/C27H32N2O4/c1-3-33-24(30)16-23(19-14-12-18(2)13-15-19)28-26(31)22-11-7-8-20-17-29(27(32)25(20)22)21-9-5-4-6-10-21/h7-8,11-15,21,23H,3-6,9-10,16-17H2,1-2H3,(H,28,31)/t23-/m0/s1. The summed E-state index contributed by atoms with van der Waals surface area (Å²) in [5.41, 5.74) is 3.69. The summed E-state index contributed by atoms with van der Waals surface area (Å²) >= 11 is 0. The maximum absolute atomic E-state index is 13.4. The minimum Gasteiger partial charge on any atom is -0.466 e. The number of rotatable bonds is 7. The molecule has 33 heavy (non-hydrogen) atoms. The molecule has 0 unspecified atom stereocenters. The fraction of sp³-hybridized carbons (Fsp3) is 0.444. The van der Waals surface area contributed by atoms with Crippen LogP contribution in [0.25, 0.3) is 0 Å². The number of nitrogens with one attached hydrogen (secondary N) is 1. The Balaban J connectivity index is 1.57. The Morgan fingerprint density at radius 3 is 2.52 bits per heavy atom. The zero-order valence-electron chi connectivity index (χ0n) is 19.4. The zero-order chi connectivity index (χ0) is 23.4. The van der Waals surface area contributed by atoms with Crippen LogP contribution in [-0.2, 0) is 16.1 Å². The molecule has 0 radical (unpaired) electrons. The van der Waals surface area contributed by atoms with Crippen molar-refractivity contribution in [1.29, 1.82) is 0 Å². The highest BCUT2D eigenvalue weighted by Crippen LogP contribution is 2.33. The maximum atomic E-state index is 13.4.